The molecule has 0 spiro atoms. The molecule has 6 heteroatoms. The van der Waals surface area contributed by atoms with E-state index in [0.29, 0.717) is 12.6 Å². The van der Waals surface area contributed by atoms with Crippen LogP contribution in [0.1, 0.15) is 18.4 Å². The molecule has 3 aromatic rings. The summed E-state index contributed by atoms with van der Waals surface area (Å²) in [6.07, 6.45) is 2.36. The van der Waals surface area contributed by atoms with Crippen LogP contribution in [0.5, 0.6) is 5.75 Å². The van der Waals surface area contributed by atoms with Gasteiger partial charge in [-0.1, -0.05) is 35.6 Å². The second-order valence-corrected chi connectivity index (χ2v) is 7.86. The standard InChI is InChI=1S/C21H25N3O2S/c25-11-12-26-18-7-3-5-16(13-18)14-22-17-6-4-10-24(15-17)21-23-19-8-1-2-9-20(19)27-21/h1-3,5,7-9,13,17,22,25H,4,6,10-12,14-15H2/t17-/m0/s1. The molecule has 1 fully saturated rings. The van der Waals surface area contributed by atoms with Crippen molar-refractivity contribution in [3.05, 3.63) is 54.1 Å². The molecule has 1 aromatic heterocycles. The highest BCUT2D eigenvalue weighted by Crippen LogP contribution is 2.30. The minimum absolute atomic E-state index is 0.0339. The first-order valence-electron chi connectivity index (χ1n) is 9.48. The summed E-state index contributed by atoms with van der Waals surface area (Å²) < 4.78 is 6.75. The van der Waals surface area contributed by atoms with Crippen LogP contribution in [-0.4, -0.2) is 42.4 Å². The average molecular weight is 384 g/mol. The third-order valence-electron chi connectivity index (χ3n) is 4.83. The Morgan fingerprint density at radius 1 is 1.22 bits per heavy atom. The van der Waals surface area contributed by atoms with Crippen LogP contribution >= 0.6 is 11.3 Å². The molecule has 142 valence electrons. The van der Waals surface area contributed by atoms with E-state index in [-0.39, 0.29) is 6.61 Å². The maximum Gasteiger partial charge on any atom is 0.186 e. The Hall–Kier alpha value is -2.15. The van der Waals surface area contributed by atoms with E-state index in [1.807, 2.05) is 24.3 Å². The third kappa shape index (κ3) is 4.58. The summed E-state index contributed by atoms with van der Waals surface area (Å²) in [4.78, 5) is 7.22. The number of hydrogen-bond acceptors (Lipinski definition) is 6. The van der Waals surface area contributed by atoms with Crippen LogP contribution < -0.4 is 15.0 Å². The highest BCUT2D eigenvalue weighted by atomic mass is 32.1. The number of para-hydroxylation sites is 1. The number of nitrogens with one attached hydrogen (secondary N) is 1. The highest BCUT2D eigenvalue weighted by Gasteiger charge is 2.22. The molecule has 27 heavy (non-hydrogen) atoms. The predicted molar refractivity (Wildman–Crippen MR) is 111 cm³/mol. The fourth-order valence-corrected chi connectivity index (χ4v) is 4.48. The van der Waals surface area contributed by atoms with Crippen LogP contribution in [0, 0.1) is 0 Å². The lowest BCUT2D eigenvalue weighted by molar-refractivity contribution is 0.201. The molecule has 0 saturated carbocycles. The van der Waals surface area contributed by atoms with Gasteiger partial charge < -0.3 is 20.1 Å². The SMILES string of the molecule is OCCOc1cccc(CN[C@H]2CCCN(c3nc4ccccc4s3)C2)c1. The first-order valence-corrected chi connectivity index (χ1v) is 10.3. The van der Waals surface area contributed by atoms with Gasteiger partial charge in [0.05, 0.1) is 16.8 Å². The van der Waals surface area contributed by atoms with Gasteiger partial charge in [0.2, 0.25) is 0 Å². The molecule has 4 rings (SSSR count). The summed E-state index contributed by atoms with van der Waals surface area (Å²) in [5, 5.41) is 13.7. The van der Waals surface area contributed by atoms with E-state index in [4.69, 9.17) is 14.8 Å². The zero-order valence-electron chi connectivity index (χ0n) is 15.3. The third-order valence-corrected chi connectivity index (χ3v) is 5.93. The number of aromatic nitrogens is 1. The second kappa shape index (κ2) is 8.69. The molecule has 2 heterocycles. The van der Waals surface area contributed by atoms with Crippen molar-refractivity contribution in [3.8, 4) is 5.75 Å². The summed E-state index contributed by atoms with van der Waals surface area (Å²) >= 11 is 1.78. The summed E-state index contributed by atoms with van der Waals surface area (Å²) in [6, 6.07) is 16.9. The van der Waals surface area contributed by atoms with Crippen molar-refractivity contribution >= 4 is 26.7 Å². The number of hydrogen-bond donors (Lipinski definition) is 2. The van der Waals surface area contributed by atoms with Crippen molar-refractivity contribution in [1.29, 1.82) is 0 Å². The molecule has 5 nitrogen and oxygen atoms in total. The molecule has 1 aliphatic rings. The molecule has 0 radical (unpaired) electrons. The van der Waals surface area contributed by atoms with Gasteiger partial charge in [0.25, 0.3) is 0 Å². The number of anilines is 1. The summed E-state index contributed by atoms with van der Waals surface area (Å²) in [5.41, 5.74) is 2.29. The number of thiazole rings is 1. The number of piperidine rings is 1. The van der Waals surface area contributed by atoms with Crippen LogP contribution in [0.15, 0.2) is 48.5 Å². The van der Waals surface area contributed by atoms with Gasteiger partial charge in [-0.15, -0.1) is 0 Å². The van der Waals surface area contributed by atoms with Crippen LogP contribution in [-0.2, 0) is 6.54 Å². The van der Waals surface area contributed by atoms with Gasteiger partial charge in [-0.25, -0.2) is 4.98 Å². The van der Waals surface area contributed by atoms with Crippen molar-refractivity contribution in [2.45, 2.75) is 25.4 Å². The molecular formula is C21H25N3O2S. The van der Waals surface area contributed by atoms with Gasteiger partial charge in [0, 0.05) is 25.7 Å². The lowest BCUT2D eigenvalue weighted by Gasteiger charge is -2.33. The average Bonchev–Trinajstić information content (AvgIpc) is 3.16. The van der Waals surface area contributed by atoms with E-state index < -0.39 is 0 Å². The minimum Gasteiger partial charge on any atom is -0.491 e. The zero-order chi connectivity index (χ0) is 18.5. The Morgan fingerprint density at radius 2 is 2.15 bits per heavy atom. The van der Waals surface area contributed by atoms with E-state index >= 15 is 0 Å². The normalized spacial score (nSPS) is 17.4. The van der Waals surface area contributed by atoms with E-state index in [2.05, 4.69) is 34.5 Å². The smallest absolute Gasteiger partial charge is 0.186 e. The molecular weight excluding hydrogens is 358 g/mol. The Labute approximate surface area is 163 Å². The molecule has 0 amide bonds. The Morgan fingerprint density at radius 3 is 3.04 bits per heavy atom. The van der Waals surface area contributed by atoms with Gasteiger partial charge in [-0.05, 0) is 42.7 Å². The van der Waals surface area contributed by atoms with Crippen LogP contribution in [0.4, 0.5) is 5.13 Å². The molecule has 2 N–H and O–H groups in total. The number of aliphatic hydroxyl groups excluding tert-OH is 1. The van der Waals surface area contributed by atoms with E-state index in [0.717, 1.165) is 36.0 Å². The van der Waals surface area contributed by atoms with Crippen molar-refractivity contribution in [3.63, 3.8) is 0 Å². The lowest BCUT2D eigenvalue weighted by Crippen LogP contribution is -2.45. The van der Waals surface area contributed by atoms with E-state index in [1.54, 1.807) is 11.3 Å². The topological polar surface area (TPSA) is 57.6 Å². The van der Waals surface area contributed by atoms with Crippen molar-refractivity contribution in [2.75, 3.05) is 31.2 Å². The van der Waals surface area contributed by atoms with Gasteiger partial charge >= 0.3 is 0 Å². The van der Waals surface area contributed by atoms with Crippen LogP contribution in [0.25, 0.3) is 10.2 Å². The Kier molecular flexibility index (Phi) is 5.87. The number of ether oxygens (including phenoxy) is 1. The number of fused-ring (bicyclic) bond motifs is 1. The van der Waals surface area contributed by atoms with E-state index in [9.17, 15) is 0 Å². The minimum atomic E-state index is 0.0339. The number of rotatable bonds is 7. The molecule has 2 aromatic carbocycles. The number of benzene rings is 2. The highest BCUT2D eigenvalue weighted by molar-refractivity contribution is 7.22. The summed E-state index contributed by atoms with van der Waals surface area (Å²) in [5.74, 6) is 0.808. The monoisotopic (exact) mass is 383 g/mol. The zero-order valence-corrected chi connectivity index (χ0v) is 16.1. The maximum absolute atomic E-state index is 8.89. The fourth-order valence-electron chi connectivity index (χ4n) is 3.48. The first kappa shape index (κ1) is 18.2. The van der Waals surface area contributed by atoms with Crippen molar-refractivity contribution in [2.24, 2.45) is 0 Å². The molecule has 0 aliphatic carbocycles. The summed E-state index contributed by atoms with van der Waals surface area (Å²) in [6.45, 7) is 3.24. The largest absolute Gasteiger partial charge is 0.491 e. The van der Waals surface area contributed by atoms with Gasteiger partial charge in [0.15, 0.2) is 5.13 Å². The molecule has 1 aliphatic heterocycles. The molecule has 0 unspecified atom stereocenters. The number of aliphatic hydroxyl groups is 1. The van der Waals surface area contributed by atoms with Crippen molar-refractivity contribution < 1.29 is 9.84 Å². The van der Waals surface area contributed by atoms with Crippen LogP contribution in [0.2, 0.25) is 0 Å². The second-order valence-electron chi connectivity index (χ2n) is 6.85. The first-order chi connectivity index (χ1) is 13.3. The van der Waals surface area contributed by atoms with Crippen LogP contribution in [0.3, 0.4) is 0 Å². The number of nitrogens with zero attached hydrogens (tertiary/aromatic N) is 2. The van der Waals surface area contributed by atoms with Gasteiger partial charge in [-0.3, -0.25) is 0 Å². The quantitative estimate of drug-likeness (QED) is 0.655. The Bertz CT molecular complexity index is 849. The maximum atomic E-state index is 8.89. The Balaban J connectivity index is 1.36. The predicted octanol–water partition coefficient (Wildman–Crippen LogP) is 3.43. The molecule has 1 atom stereocenters. The molecule has 1 saturated heterocycles. The fraction of sp³-hybridized carbons (Fsp3) is 0.381. The summed E-state index contributed by atoms with van der Waals surface area (Å²) in [7, 11) is 0. The lowest BCUT2D eigenvalue weighted by atomic mass is 10.1. The van der Waals surface area contributed by atoms with Gasteiger partial charge in [-0.2, -0.15) is 0 Å². The van der Waals surface area contributed by atoms with Crippen molar-refractivity contribution in [1.82, 2.24) is 10.3 Å². The van der Waals surface area contributed by atoms with Gasteiger partial charge in [0.1, 0.15) is 12.4 Å². The van der Waals surface area contributed by atoms with E-state index in [1.165, 1.54) is 23.1 Å². The molecule has 0 bridgehead atoms.